The molecule has 2 fully saturated rings. The third kappa shape index (κ3) is 2.72. The number of carbonyl (C=O) groups excluding carboxylic acids is 3. The van der Waals surface area contributed by atoms with Crippen molar-refractivity contribution in [1.82, 2.24) is 0 Å². The molecule has 1 aliphatic heterocycles. The van der Waals surface area contributed by atoms with Gasteiger partial charge in [0.1, 0.15) is 5.75 Å². The Kier molecular flexibility index (Phi) is 4.12. The number of fused-ring (bicyclic) bond motifs is 5. The normalized spacial score (nSPS) is 28.0. The number of anilines is 1. The zero-order valence-corrected chi connectivity index (χ0v) is 16.0. The van der Waals surface area contributed by atoms with Crippen molar-refractivity contribution in [2.24, 2.45) is 23.7 Å². The van der Waals surface area contributed by atoms with Crippen molar-refractivity contribution in [3.8, 4) is 5.75 Å². The monoisotopic (exact) mass is 387 g/mol. The van der Waals surface area contributed by atoms with E-state index in [4.69, 9.17) is 4.74 Å². The lowest BCUT2D eigenvalue weighted by Gasteiger charge is -2.22. The molecule has 3 aliphatic rings. The second kappa shape index (κ2) is 6.69. The predicted molar refractivity (Wildman–Crippen MR) is 108 cm³/mol. The molecule has 2 aliphatic carbocycles. The van der Waals surface area contributed by atoms with E-state index in [1.807, 2.05) is 6.07 Å². The van der Waals surface area contributed by atoms with Crippen molar-refractivity contribution in [2.45, 2.75) is 19.4 Å². The molecule has 2 aromatic rings. The van der Waals surface area contributed by atoms with E-state index in [2.05, 4.69) is 12.2 Å². The van der Waals surface area contributed by atoms with Gasteiger partial charge in [-0.1, -0.05) is 54.6 Å². The van der Waals surface area contributed by atoms with E-state index < -0.39 is 6.10 Å². The number of amides is 2. The molecule has 1 saturated carbocycles. The Labute approximate surface area is 169 Å². The second-order valence-corrected chi connectivity index (χ2v) is 7.97. The third-order valence-electron chi connectivity index (χ3n) is 6.31. The highest BCUT2D eigenvalue weighted by Gasteiger charge is 2.59. The molecule has 146 valence electrons. The summed E-state index contributed by atoms with van der Waals surface area (Å²) >= 11 is 0. The van der Waals surface area contributed by atoms with Crippen LogP contribution in [0.25, 0.3) is 0 Å². The number of hydrogen-bond acceptors (Lipinski definition) is 4. The van der Waals surface area contributed by atoms with Crippen LogP contribution < -0.4 is 9.64 Å². The van der Waals surface area contributed by atoms with Gasteiger partial charge in [-0.15, -0.1) is 0 Å². The minimum atomic E-state index is -0.747. The van der Waals surface area contributed by atoms with Gasteiger partial charge in [-0.3, -0.25) is 14.4 Å². The Bertz CT molecular complexity index is 998. The molecule has 5 nitrogen and oxygen atoms in total. The molecule has 0 aromatic heterocycles. The van der Waals surface area contributed by atoms with Gasteiger partial charge in [0.05, 0.1) is 17.5 Å². The molecule has 2 aromatic carbocycles. The topological polar surface area (TPSA) is 63.7 Å². The number of rotatable bonds is 5. The standard InChI is InChI=1S/C24H21NO4/c1-14(22(26)15-7-3-2-4-8-15)29-19-10-6-5-9-18(19)25-23(27)20-16-11-12-17(13-16)21(20)24(25)28/h2-12,14,16-17,20-21H,13H2,1H3/t14-,16+,17+,20-,21+/m1/s1. The van der Waals surface area contributed by atoms with Crippen LogP contribution >= 0.6 is 0 Å². The quantitative estimate of drug-likeness (QED) is 0.446. The van der Waals surface area contributed by atoms with Crippen molar-refractivity contribution in [2.75, 3.05) is 4.90 Å². The Morgan fingerprint density at radius 1 is 0.931 bits per heavy atom. The van der Waals surface area contributed by atoms with E-state index in [1.165, 1.54) is 4.90 Å². The van der Waals surface area contributed by atoms with Gasteiger partial charge < -0.3 is 4.74 Å². The Hall–Kier alpha value is -3.21. The van der Waals surface area contributed by atoms with Crippen molar-refractivity contribution in [3.63, 3.8) is 0 Å². The van der Waals surface area contributed by atoms with Gasteiger partial charge in [-0.2, -0.15) is 0 Å². The summed E-state index contributed by atoms with van der Waals surface area (Å²) in [5, 5.41) is 0. The van der Waals surface area contributed by atoms with Gasteiger partial charge >= 0.3 is 0 Å². The fourth-order valence-corrected chi connectivity index (χ4v) is 4.96. The van der Waals surface area contributed by atoms with Crippen molar-refractivity contribution >= 4 is 23.3 Å². The van der Waals surface area contributed by atoms with Crippen molar-refractivity contribution in [1.29, 1.82) is 0 Å². The van der Waals surface area contributed by atoms with Crippen molar-refractivity contribution < 1.29 is 19.1 Å². The lowest BCUT2D eigenvalue weighted by Crippen LogP contribution is -2.34. The number of ether oxygens (including phenoxy) is 1. The summed E-state index contributed by atoms with van der Waals surface area (Å²) in [6.07, 6.45) is 4.29. The maximum atomic E-state index is 13.1. The van der Waals surface area contributed by atoms with Gasteiger partial charge in [-0.05, 0) is 37.3 Å². The van der Waals surface area contributed by atoms with Gasteiger partial charge in [0.2, 0.25) is 17.6 Å². The average molecular weight is 387 g/mol. The second-order valence-electron chi connectivity index (χ2n) is 7.97. The van der Waals surface area contributed by atoms with Crippen LogP contribution in [-0.4, -0.2) is 23.7 Å². The molecule has 2 amide bonds. The molecule has 29 heavy (non-hydrogen) atoms. The van der Waals surface area contributed by atoms with Crippen LogP contribution in [0.15, 0.2) is 66.7 Å². The summed E-state index contributed by atoms with van der Waals surface area (Å²) < 4.78 is 5.95. The van der Waals surface area contributed by atoms with E-state index >= 15 is 0 Å². The fraction of sp³-hybridized carbons (Fsp3) is 0.292. The van der Waals surface area contributed by atoms with Gasteiger partial charge in [-0.25, -0.2) is 4.90 Å². The molecule has 0 radical (unpaired) electrons. The number of para-hydroxylation sites is 2. The van der Waals surface area contributed by atoms with Crippen LogP contribution in [0.1, 0.15) is 23.7 Å². The summed E-state index contributed by atoms with van der Waals surface area (Å²) in [5.74, 6) is -0.339. The number of Topliss-reactive ketones (excluding diaryl/α,β-unsaturated/α-hetero) is 1. The Morgan fingerprint density at radius 2 is 1.52 bits per heavy atom. The molecular weight excluding hydrogens is 366 g/mol. The number of carbonyl (C=O) groups is 3. The van der Waals surface area contributed by atoms with Gasteiger partial charge in [0.25, 0.3) is 0 Å². The smallest absolute Gasteiger partial charge is 0.238 e. The minimum absolute atomic E-state index is 0.151. The van der Waals surface area contributed by atoms with Crippen LogP contribution in [0.3, 0.4) is 0 Å². The molecule has 1 heterocycles. The zero-order chi connectivity index (χ0) is 20.1. The maximum Gasteiger partial charge on any atom is 0.238 e. The molecule has 0 unspecified atom stereocenters. The summed E-state index contributed by atoms with van der Waals surface area (Å²) in [6.45, 7) is 1.68. The molecule has 0 spiro atoms. The Morgan fingerprint density at radius 3 is 2.17 bits per heavy atom. The highest BCUT2D eigenvalue weighted by Crippen LogP contribution is 2.53. The van der Waals surface area contributed by atoms with Crippen LogP contribution in [-0.2, 0) is 9.59 Å². The SMILES string of the molecule is C[C@@H](Oc1ccccc1N1C(=O)[C@@H]2[C@H](C1=O)[C@H]1C=C[C@H]2C1)C(=O)c1ccccc1. The number of imide groups is 1. The molecule has 5 rings (SSSR count). The third-order valence-corrected chi connectivity index (χ3v) is 6.31. The van der Waals surface area contributed by atoms with Crippen LogP contribution in [0.5, 0.6) is 5.75 Å². The fourth-order valence-electron chi connectivity index (χ4n) is 4.96. The maximum absolute atomic E-state index is 13.1. The van der Waals surface area contributed by atoms with E-state index in [0.29, 0.717) is 17.0 Å². The first kappa shape index (κ1) is 17.9. The first-order chi connectivity index (χ1) is 14.1. The van der Waals surface area contributed by atoms with Crippen molar-refractivity contribution in [3.05, 3.63) is 72.3 Å². The Balaban J connectivity index is 1.43. The molecule has 0 N–H and O–H groups in total. The first-order valence-corrected chi connectivity index (χ1v) is 9.97. The lowest BCUT2D eigenvalue weighted by atomic mass is 9.85. The summed E-state index contributed by atoms with van der Waals surface area (Å²) in [5.41, 5.74) is 0.979. The van der Waals surface area contributed by atoms with E-state index in [1.54, 1.807) is 55.5 Å². The van der Waals surface area contributed by atoms with Crippen LogP contribution in [0.2, 0.25) is 0 Å². The molecule has 2 bridgehead atoms. The van der Waals surface area contributed by atoms with Crippen LogP contribution in [0, 0.1) is 23.7 Å². The minimum Gasteiger partial charge on any atom is -0.480 e. The number of allylic oxidation sites excluding steroid dienone is 2. The van der Waals surface area contributed by atoms with Gasteiger partial charge in [0, 0.05) is 5.56 Å². The first-order valence-electron chi connectivity index (χ1n) is 9.97. The van der Waals surface area contributed by atoms with Gasteiger partial charge in [0.15, 0.2) is 6.10 Å². The zero-order valence-electron chi connectivity index (χ0n) is 16.0. The summed E-state index contributed by atoms with van der Waals surface area (Å²) in [4.78, 5) is 40.2. The van der Waals surface area contributed by atoms with Crippen LogP contribution in [0.4, 0.5) is 5.69 Å². The largest absolute Gasteiger partial charge is 0.480 e. The molecule has 5 atom stereocenters. The number of benzene rings is 2. The van der Waals surface area contributed by atoms with E-state index in [9.17, 15) is 14.4 Å². The predicted octanol–water partition coefficient (Wildman–Crippen LogP) is 3.65. The average Bonchev–Trinajstić information content (AvgIpc) is 3.42. The lowest BCUT2D eigenvalue weighted by molar-refractivity contribution is -0.123. The van der Waals surface area contributed by atoms with E-state index in [0.717, 1.165) is 6.42 Å². The highest BCUT2D eigenvalue weighted by atomic mass is 16.5. The van der Waals surface area contributed by atoms with E-state index in [-0.39, 0.29) is 41.3 Å². The molecule has 5 heteroatoms. The highest BCUT2D eigenvalue weighted by molar-refractivity contribution is 6.23. The number of hydrogen-bond donors (Lipinski definition) is 0. The summed E-state index contributed by atoms with van der Waals surface area (Å²) in [6, 6.07) is 15.9. The number of nitrogens with zero attached hydrogens (tertiary/aromatic N) is 1. The summed E-state index contributed by atoms with van der Waals surface area (Å²) in [7, 11) is 0. The number of ketones is 1. The molecule has 1 saturated heterocycles. The molecular formula is C24H21NO4.